The predicted octanol–water partition coefficient (Wildman–Crippen LogP) is 0.440. The van der Waals surface area contributed by atoms with Gasteiger partial charge in [-0.2, -0.15) is 0 Å². The lowest BCUT2D eigenvalue weighted by molar-refractivity contribution is -0.135. The van der Waals surface area contributed by atoms with E-state index in [2.05, 4.69) is 15.6 Å². The number of aromatic nitrogens is 1. The number of carboxylic acids is 1. The number of fused-ring (bicyclic) bond motifs is 1. The van der Waals surface area contributed by atoms with Gasteiger partial charge >= 0.3 is 5.97 Å². The summed E-state index contributed by atoms with van der Waals surface area (Å²) in [6.45, 7) is 0.387. The summed E-state index contributed by atoms with van der Waals surface area (Å²) in [4.78, 5) is 39.8. The first-order valence-electron chi connectivity index (χ1n) is 10.8. The second kappa shape index (κ2) is 10.1. The molecule has 0 aliphatic carbocycles. The fourth-order valence-electron chi connectivity index (χ4n) is 3.94. The normalized spacial score (nSPS) is 19.1. The van der Waals surface area contributed by atoms with Crippen molar-refractivity contribution in [3.05, 3.63) is 58.2 Å². The first kappa shape index (κ1) is 23.6. The number of carboxylic acid groups (broad SMARTS) is 1. The minimum Gasteiger partial charge on any atom is -0.491 e. The number of rotatable bonds is 7. The Morgan fingerprint density at radius 3 is 2.74 bits per heavy atom. The number of amides is 2. The molecule has 0 unspecified atom stereocenters. The van der Waals surface area contributed by atoms with Crippen LogP contribution in [0.15, 0.2) is 24.3 Å². The third kappa shape index (κ3) is 5.32. The second-order valence-electron chi connectivity index (χ2n) is 8.12. The number of nitrogens with zero attached hydrogens (tertiary/aromatic N) is 1. The number of nitrogens with one attached hydrogen (secondary N) is 2. The van der Waals surface area contributed by atoms with Gasteiger partial charge in [-0.15, -0.1) is 0 Å². The Morgan fingerprint density at radius 2 is 2.00 bits per heavy atom. The number of ether oxygens (including phenoxy) is 2. The van der Waals surface area contributed by atoms with Crippen LogP contribution in [0.1, 0.15) is 44.1 Å². The summed E-state index contributed by atoms with van der Waals surface area (Å²) in [6.07, 6.45) is 0.433. The second-order valence-corrected chi connectivity index (χ2v) is 8.12. The molecule has 10 nitrogen and oxygen atoms in total. The van der Waals surface area contributed by atoms with Gasteiger partial charge in [0.15, 0.2) is 0 Å². The van der Waals surface area contributed by atoms with E-state index in [1.807, 2.05) is 0 Å². The first-order chi connectivity index (χ1) is 16.3. The molecule has 1 fully saturated rings. The Labute approximate surface area is 194 Å². The smallest absolute Gasteiger partial charge is 0.322 e. The zero-order valence-electron chi connectivity index (χ0n) is 18.2. The molecule has 1 aromatic heterocycles. The highest BCUT2D eigenvalue weighted by molar-refractivity contribution is 5.96. The molecule has 2 aliphatic rings. The molecule has 2 aromatic rings. The van der Waals surface area contributed by atoms with E-state index in [-0.39, 0.29) is 24.3 Å². The van der Waals surface area contributed by atoms with E-state index in [1.54, 1.807) is 12.1 Å². The molecule has 2 aliphatic heterocycles. The summed E-state index contributed by atoms with van der Waals surface area (Å²) in [5.41, 5.74) is 1.70. The van der Waals surface area contributed by atoms with E-state index in [0.717, 1.165) is 0 Å². The minimum absolute atomic E-state index is 0.150. The van der Waals surface area contributed by atoms with Crippen LogP contribution in [0, 0.1) is 5.82 Å². The zero-order valence-corrected chi connectivity index (χ0v) is 18.2. The maximum Gasteiger partial charge on any atom is 0.322 e. The van der Waals surface area contributed by atoms with E-state index in [1.165, 1.54) is 12.1 Å². The molecular weight excluding hydrogens is 449 g/mol. The van der Waals surface area contributed by atoms with E-state index < -0.39 is 42.3 Å². The van der Waals surface area contributed by atoms with Crippen molar-refractivity contribution < 1.29 is 38.5 Å². The summed E-state index contributed by atoms with van der Waals surface area (Å²) >= 11 is 0. The fourth-order valence-corrected chi connectivity index (χ4v) is 3.94. The van der Waals surface area contributed by atoms with Gasteiger partial charge in [0.05, 0.1) is 36.6 Å². The fraction of sp³-hybridized carbons (Fsp3) is 0.391. The van der Waals surface area contributed by atoms with E-state index >= 15 is 0 Å². The van der Waals surface area contributed by atoms with Crippen LogP contribution >= 0.6 is 0 Å². The van der Waals surface area contributed by atoms with Crippen molar-refractivity contribution in [2.75, 3.05) is 26.4 Å². The van der Waals surface area contributed by atoms with Gasteiger partial charge in [0.1, 0.15) is 23.8 Å². The Morgan fingerprint density at radius 1 is 1.18 bits per heavy atom. The topological polar surface area (TPSA) is 147 Å². The van der Waals surface area contributed by atoms with Crippen LogP contribution < -0.4 is 15.4 Å². The molecule has 0 saturated carbocycles. The van der Waals surface area contributed by atoms with Crippen LogP contribution in [0.2, 0.25) is 0 Å². The molecule has 0 bridgehead atoms. The summed E-state index contributed by atoms with van der Waals surface area (Å²) < 4.78 is 25.4. The van der Waals surface area contributed by atoms with Crippen LogP contribution in [0.3, 0.4) is 0 Å². The highest BCUT2D eigenvalue weighted by Crippen LogP contribution is 2.31. The van der Waals surface area contributed by atoms with Gasteiger partial charge in [0, 0.05) is 25.0 Å². The number of halogens is 1. The number of hydrogen-bond acceptors (Lipinski definition) is 7. The standard InChI is InChI=1S/C23H24FN3O7/c24-15-8-12(1-2-14(15)22(31)25-10-20(29)30)7-13-9-18(26-17-4-6-34-21(13)17)23(32)27-16-3-5-33-11-19(16)28/h1-2,8-9,16,19,28H,3-7,10-11H2,(H,25,31)(H,27,32)(H,29,30)/t16-,19-/m0/s1. The van der Waals surface area contributed by atoms with Crippen LogP contribution in [0.25, 0.3) is 0 Å². The predicted molar refractivity (Wildman–Crippen MR) is 115 cm³/mol. The lowest BCUT2D eigenvalue weighted by atomic mass is 10.0. The number of pyridine rings is 1. The van der Waals surface area contributed by atoms with E-state index in [0.29, 0.717) is 48.6 Å². The molecule has 4 rings (SSSR count). The van der Waals surface area contributed by atoms with Crippen LogP contribution in [-0.2, 0) is 22.4 Å². The van der Waals surface area contributed by atoms with Crippen LogP contribution in [0.5, 0.6) is 5.75 Å². The number of aliphatic hydroxyl groups excluding tert-OH is 1. The van der Waals surface area contributed by atoms with Crippen LogP contribution in [0.4, 0.5) is 4.39 Å². The molecule has 0 spiro atoms. The molecular formula is C23H24FN3O7. The molecule has 11 heteroatoms. The molecule has 34 heavy (non-hydrogen) atoms. The first-order valence-corrected chi connectivity index (χ1v) is 10.8. The largest absolute Gasteiger partial charge is 0.491 e. The van der Waals surface area contributed by atoms with Gasteiger partial charge in [0.2, 0.25) is 0 Å². The van der Waals surface area contributed by atoms with Crippen molar-refractivity contribution in [2.24, 2.45) is 0 Å². The summed E-state index contributed by atoms with van der Waals surface area (Å²) in [7, 11) is 0. The third-order valence-electron chi connectivity index (χ3n) is 5.65. The molecule has 0 radical (unpaired) electrons. The average molecular weight is 473 g/mol. The Kier molecular flexibility index (Phi) is 7.03. The molecule has 2 atom stereocenters. The molecule has 3 heterocycles. The summed E-state index contributed by atoms with van der Waals surface area (Å²) in [6, 6.07) is 5.17. The SMILES string of the molecule is O=C(O)CNC(=O)c1ccc(Cc2cc(C(=O)N[C@H]3CCOC[C@@H]3O)nc3c2OCC3)cc1F. The van der Waals surface area contributed by atoms with E-state index in [4.69, 9.17) is 14.6 Å². The Bertz CT molecular complexity index is 1120. The van der Waals surface area contributed by atoms with Gasteiger partial charge < -0.3 is 30.3 Å². The molecule has 1 aromatic carbocycles. The van der Waals surface area contributed by atoms with Crippen molar-refractivity contribution in [3.63, 3.8) is 0 Å². The van der Waals surface area contributed by atoms with Crippen molar-refractivity contribution in [2.45, 2.75) is 31.4 Å². The van der Waals surface area contributed by atoms with E-state index in [9.17, 15) is 23.9 Å². The zero-order chi connectivity index (χ0) is 24.2. The number of aliphatic carboxylic acids is 1. The van der Waals surface area contributed by atoms with Crippen molar-refractivity contribution in [3.8, 4) is 5.75 Å². The van der Waals surface area contributed by atoms with Crippen molar-refractivity contribution >= 4 is 17.8 Å². The molecule has 4 N–H and O–H groups in total. The third-order valence-corrected chi connectivity index (χ3v) is 5.65. The monoisotopic (exact) mass is 473 g/mol. The number of carbonyl (C=O) groups is 3. The van der Waals surface area contributed by atoms with Gasteiger partial charge in [-0.25, -0.2) is 9.37 Å². The number of aliphatic hydroxyl groups is 1. The Hall–Kier alpha value is -3.57. The highest BCUT2D eigenvalue weighted by atomic mass is 19.1. The maximum atomic E-state index is 14.6. The lowest BCUT2D eigenvalue weighted by Crippen LogP contribution is -2.48. The average Bonchev–Trinajstić information content (AvgIpc) is 3.28. The Balaban J connectivity index is 1.53. The van der Waals surface area contributed by atoms with Crippen molar-refractivity contribution in [1.82, 2.24) is 15.6 Å². The number of carbonyl (C=O) groups excluding carboxylic acids is 2. The number of hydrogen-bond donors (Lipinski definition) is 4. The molecule has 2 amide bonds. The summed E-state index contributed by atoms with van der Waals surface area (Å²) in [5, 5.41) is 23.6. The van der Waals surface area contributed by atoms with Crippen molar-refractivity contribution in [1.29, 1.82) is 0 Å². The van der Waals surface area contributed by atoms with Gasteiger partial charge in [0.25, 0.3) is 11.8 Å². The van der Waals surface area contributed by atoms with Gasteiger partial charge in [-0.3, -0.25) is 14.4 Å². The molecule has 180 valence electrons. The summed E-state index contributed by atoms with van der Waals surface area (Å²) in [5.74, 6) is -2.74. The minimum atomic E-state index is -1.23. The number of benzene rings is 1. The van der Waals surface area contributed by atoms with Gasteiger partial charge in [-0.1, -0.05) is 6.07 Å². The van der Waals surface area contributed by atoms with Gasteiger partial charge in [-0.05, 0) is 30.2 Å². The highest BCUT2D eigenvalue weighted by Gasteiger charge is 2.28. The lowest BCUT2D eigenvalue weighted by Gasteiger charge is -2.28. The quantitative estimate of drug-likeness (QED) is 0.453. The van der Waals surface area contributed by atoms with Crippen LogP contribution in [-0.4, -0.2) is 71.5 Å². The molecule has 1 saturated heterocycles. The maximum absolute atomic E-state index is 14.6.